The molecule has 0 bridgehead atoms. The number of ether oxygens (including phenoxy) is 1. The fourth-order valence-corrected chi connectivity index (χ4v) is 0.988. The van der Waals surface area contributed by atoms with Crippen molar-refractivity contribution in [2.24, 2.45) is 5.92 Å². The number of urea groups is 1. The summed E-state index contributed by atoms with van der Waals surface area (Å²) in [7, 11) is 1.67. The molecule has 0 aliphatic rings. The molecule has 0 aliphatic heterocycles. The highest BCUT2D eigenvalue weighted by molar-refractivity contribution is 5.74. The lowest BCUT2D eigenvalue weighted by Gasteiger charge is -2.17. The zero-order chi connectivity index (χ0) is 12.4. The highest BCUT2D eigenvalue weighted by Crippen LogP contribution is 1.98. The molecule has 3 N–H and O–H groups in total. The van der Waals surface area contributed by atoms with E-state index in [2.05, 4.69) is 29.8 Å². The summed E-state index contributed by atoms with van der Waals surface area (Å²) in [5, 5.41) is 8.82. The van der Waals surface area contributed by atoms with Crippen LogP contribution in [0.15, 0.2) is 0 Å². The van der Waals surface area contributed by atoms with Crippen LogP contribution in [0.1, 0.15) is 20.8 Å². The van der Waals surface area contributed by atoms with Crippen molar-refractivity contribution in [3.05, 3.63) is 0 Å². The predicted octanol–water partition coefficient (Wildman–Crippen LogP) is 0.566. The van der Waals surface area contributed by atoms with Crippen molar-refractivity contribution in [2.75, 3.05) is 33.4 Å². The fourth-order valence-electron chi connectivity index (χ4n) is 0.988. The van der Waals surface area contributed by atoms with E-state index in [4.69, 9.17) is 4.74 Å². The summed E-state index contributed by atoms with van der Waals surface area (Å²) in [5.41, 5.74) is 0. The van der Waals surface area contributed by atoms with E-state index in [1.54, 1.807) is 7.11 Å². The molecule has 0 heterocycles. The van der Waals surface area contributed by atoms with Crippen molar-refractivity contribution < 1.29 is 9.53 Å². The van der Waals surface area contributed by atoms with Crippen LogP contribution in [-0.4, -0.2) is 45.4 Å². The molecule has 0 aromatic rings. The quantitative estimate of drug-likeness (QED) is 0.535. The van der Waals surface area contributed by atoms with Gasteiger partial charge in [-0.15, -0.1) is 0 Å². The van der Waals surface area contributed by atoms with Gasteiger partial charge < -0.3 is 20.7 Å². The van der Waals surface area contributed by atoms with Crippen molar-refractivity contribution in [3.8, 4) is 0 Å². The van der Waals surface area contributed by atoms with E-state index in [-0.39, 0.29) is 12.1 Å². The summed E-state index contributed by atoms with van der Waals surface area (Å²) < 4.78 is 4.89. The van der Waals surface area contributed by atoms with Crippen molar-refractivity contribution in [3.63, 3.8) is 0 Å². The minimum absolute atomic E-state index is 0.102. The van der Waals surface area contributed by atoms with Gasteiger partial charge in [-0.2, -0.15) is 0 Å². The summed E-state index contributed by atoms with van der Waals surface area (Å²) >= 11 is 0. The second-order valence-electron chi connectivity index (χ2n) is 4.18. The van der Waals surface area contributed by atoms with Crippen molar-refractivity contribution >= 4 is 6.03 Å². The Balaban J connectivity index is 3.37. The maximum atomic E-state index is 11.4. The van der Waals surface area contributed by atoms with Crippen LogP contribution in [0.3, 0.4) is 0 Å². The zero-order valence-corrected chi connectivity index (χ0v) is 10.8. The standard InChI is InChI=1S/C11H25N3O2/c1-9(2)10(3)14-11(15)13-6-5-12-7-8-16-4/h9-10,12H,5-8H2,1-4H3,(H2,13,14,15). The van der Waals surface area contributed by atoms with Crippen molar-refractivity contribution in [2.45, 2.75) is 26.8 Å². The molecule has 5 nitrogen and oxygen atoms in total. The smallest absolute Gasteiger partial charge is 0.315 e. The number of methoxy groups -OCH3 is 1. The third-order valence-electron chi connectivity index (χ3n) is 2.43. The van der Waals surface area contributed by atoms with Crippen LogP contribution in [0.25, 0.3) is 0 Å². The van der Waals surface area contributed by atoms with Crippen LogP contribution < -0.4 is 16.0 Å². The Morgan fingerprint density at radius 3 is 2.44 bits per heavy atom. The molecular formula is C11H25N3O2. The zero-order valence-electron chi connectivity index (χ0n) is 10.8. The number of rotatable bonds is 8. The third-order valence-corrected chi connectivity index (χ3v) is 2.43. The molecule has 0 radical (unpaired) electrons. The molecule has 1 atom stereocenters. The first-order chi connectivity index (χ1) is 7.57. The van der Waals surface area contributed by atoms with E-state index in [9.17, 15) is 4.79 Å². The fraction of sp³-hybridized carbons (Fsp3) is 0.909. The minimum atomic E-state index is -0.102. The average Bonchev–Trinajstić information content (AvgIpc) is 2.23. The molecule has 1 unspecified atom stereocenters. The molecule has 96 valence electrons. The molecule has 0 aliphatic carbocycles. The number of amides is 2. The maximum absolute atomic E-state index is 11.4. The molecule has 5 heteroatoms. The third kappa shape index (κ3) is 8.49. The molecule has 16 heavy (non-hydrogen) atoms. The van der Waals surface area contributed by atoms with Gasteiger partial charge >= 0.3 is 6.03 Å². The van der Waals surface area contributed by atoms with Gasteiger partial charge in [0.25, 0.3) is 0 Å². The molecule has 0 aromatic heterocycles. The van der Waals surface area contributed by atoms with E-state index in [1.807, 2.05) is 6.92 Å². The van der Waals surface area contributed by atoms with Crippen LogP contribution in [0.4, 0.5) is 4.79 Å². The predicted molar refractivity (Wildman–Crippen MR) is 65.6 cm³/mol. The highest BCUT2D eigenvalue weighted by Gasteiger charge is 2.09. The van der Waals surface area contributed by atoms with Gasteiger partial charge in [-0.3, -0.25) is 0 Å². The Hall–Kier alpha value is -0.810. The van der Waals surface area contributed by atoms with Crippen LogP contribution in [0.2, 0.25) is 0 Å². The molecular weight excluding hydrogens is 206 g/mol. The van der Waals surface area contributed by atoms with Gasteiger partial charge in [0.1, 0.15) is 0 Å². The lowest BCUT2D eigenvalue weighted by molar-refractivity contribution is 0.199. The normalized spacial score (nSPS) is 12.6. The van der Waals surface area contributed by atoms with Crippen molar-refractivity contribution in [1.29, 1.82) is 0 Å². The Morgan fingerprint density at radius 2 is 1.88 bits per heavy atom. The first kappa shape index (κ1) is 15.2. The number of hydrogen-bond donors (Lipinski definition) is 3. The Morgan fingerprint density at radius 1 is 1.19 bits per heavy atom. The first-order valence-corrected chi connectivity index (χ1v) is 5.82. The lowest BCUT2D eigenvalue weighted by Crippen LogP contribution is -2.44. The SMILES string of the molecule is COCCNCCNC(=O)NC(C)C(C)C. The summed E-state index contributed by atoms with van der Waals surface area (Å²) in [5.74, 6) is 0.450. The van der Waals surface area contributed by atoms with Crippen LogP contribution in [-0.2, 0) is 4.74 Å². The number of carbonyl (C=O) groups excluding carboxylic acids is 1. The van der Waals surface area contributed by atoms with E-state index in [1.165, 1.54) is 0 Å². The van der Waals surface area contributed by atoms with E-state index in [0.717, 1.165) is 13.1 Å². The van der Waals surface area contributed by atoms with Crippen LogP contribution in [0.5, 0.6) is 0 Å². The number of hydrogen-bond acceptors (Lipinski definition) is 3. The molecule has 0 spiro atoms. The van der Waals surface area contributed by atoms with Crippen LogP contribution >= 0.6 is 0 Å². The summed E-state index contributed by atoms with van der Waals surface area (Å²) in [4.78, 5) is 11.4. The second-order valence-corrected chi connectivity index (χ2v) is 4.18. The van der Waals surface area contributed by atoms with E-state index < -0.39 is 0 Å². The molecule has 0 fully saturated rings. The van der Waals surface area contributed by atoms with Gasteiger partial charge in [-0.25, -0.2) is 4.79 Å². The van der Waals surface area contributed by atoms with Gasteiger partial charge in [0.2, 0.25) is 0 Å². The Bertz CT molecular complexity index is 186. The topological polar surface area (TPSA) is 62.4 Å². The molecule has 0 saturated heterocycles. The first-order valence-electron chi connectivity index (χ1n) is 5.82. The van der Waals surface area contributed by atoms with E-state index >= 15 is 0 Å². The number of carbonyl (C=O) groups is 1. The Kier molecular flexibility index (Phi) is 8.94. The minimum Gasteiger partial charge on any atom is -0.383 e. The van der Waals surface area contributed by atoms with Gasteiger partial charge in [0.15, 0.2) is 0 Å². The second kappa shape index (κ2) is 9.42. The average molecular weight is 231 g/mol. The van der Waals surface area contributed by atoms with Crippen LogP contribution in [0, 0.1) is 5.92 Å². The van der Waals surface area contributed by atoms with Gasteiger partial charge in [0, 0.05) is 32.8 Å². The molecule has 2 amide bonds. The van der Waals surface area contributed by atoms with Gasteiger partial charge in [-0.1, -0.05) is 13.8 Å². The molecule has 0 saturated carbocycles. The van der Waals surface area contributed by atoms with Gasteiger partial charge in [0.05, 0.1) is 6.61 Å². The maximum Gasteiger partial charge on any atom is 0.315 e. The van der Waals surface area contributed by atoms with E-state index in [0.29, 0.717) is 19.1 Å². The van der Waals surface area contributed by atoms with Crippen molar-refractivity contribution in [1.82, 2.24) is 16.0 Å². The molecule has 0 aromatic carbocycles. The summed E-state index contributed by atoms with van der Waals surface area (Å²) in [6, 6.07) is 0.0937. The lowest BCUT2D eigenvalue weighted by atomic mass is 10.1. The summed E-state index contributed by atoms with van der Waals surface area (Å²) in [6.07, 6.45) is 0. The van der Waals surface area contributed by atoms with Gasteiger partial charge in [-0.05, 0) is 12.8 Å². The Labute approximate surface area is 98.3 Å². The summed E-state index contributed by atoms with van der Waals surface area (Å²) in [6.45, 7) is 9.04. The largest absolute Gasteiger partial charge is 0.383 e. The molecule has 0 rings (SSSR count). The number of nitrogens with one attached hydrogen (secondary N) is 3. The monoisotopic (exact) mass is 231 g/mol. The highest BCUT2D eigenvalue weighted by atomic mass is 16.5.